The molecule has 5 heteroatoms. The number of para-hydroxylation sites is 1. The normalized spacial score (nSPS) is 12.0. The molecule has 0 saturated carbocycles. The molecule has 0 atom stereocenters. The minimum atomic E-state index is 0.588. The monoisotopic (exact) mass is 764 g/mol. The van der Waals surface area contributed by atoms with Gasteiger partial charge in [-0.25, -0.2) is 15.0 Å². The lowest BCUT2D eigenvalue weighted by molar-refractivity contribution is 0.669. The van der Waals surface area contributed by atoms with E-state index in [-0.39, 0.29) is 0 Å². The number of furan rings is 1. The van der Waals surface area contributed by atoms with Crippen molar-refractivity contribution in [2.45, 2.75) is 0 Å². The highest BCUT2D eigenvalue weighted by atomic mass is 16.3. The Kier molecular flexibility index (Phi) is 6.95. The zero-order valence-corrected chi connectivity index (χ0v) is 32.2. The van der Waals surface area contributed by atoms with E-state index < -0.39 is 0 Å². The van der Waals surface area contributed by atoms with E-state index >= 15 is 0 Å². The summed E-state index contributed by atoms with van der Waals surface area (Å²) in [5, 5.41) is 13.9. The molecule has 0 N–H and O–H groups in total. The smallest absolute Gasteiger partial charge is 0.164 e. The van der Waals surface area contributed by atoms with Gasteiger partial charge in [-0.2, -0.15) is 0 Å². The van der Waals surface area contributed by atoms with Crippen LogP contribution >= 0.6 is 0 Å². The zero-order valence-electron chi connectivity index (χ0n) is 32.2. The Bertz CT molecular complexity index is 3910. The standard InChI is InChI=1S/C55H32N4O/c1-2-14-35-28-39(25-24-33(35)12-1)53-56-54(58-55(57-53)44-21-11-23-50-52(44)43-20-9-10-22-49(43)60-50)40-29-38-17-6-7-18-41(38)47(32-40)59-46-27-26-34-13-5-8-19-42(34)51(46)45-30-36-15-3-4-16-37(36)31-48(45)59/h1-32H. The van der Waals surface area contributed by atoms with Crippen LogP contribution in [0.15, 0.2) is 199 Å². The molecule has 0 spiro atoms. The average molecular weight is 765 g/mol. The van der Waals surface area contributed by atoms with Crippen LogP contribution in [0.4, 0.5) is 0 Å². The number of aromatic nitrogens is 4. The van der Waals surface area contributed by atoms with Crippen LogP contribution in [0.5, 0.6) is 0 Å². The molecule has 0 fully saturated rings. The van der Waals surface area contributed by atoms with Gasteiger partial charge in [0.05, 0.1) is 16.7 Å². The number of hydrogen-bond acceptors (Lipinski definition) is 4. The molecule has 5 nitrogen and oxygen atoms in total. The lowest BCUT2D eigenvalue weighted by Crippen LogP contribution is -2.02. The first-order valence-electron chi connectivity index (χ1n) is 20.3. The molecule has 13 rings (SSSR count). The Labute approximate surface area is 343 Å². The molecule has 10 aromatic carbocycles. The zero-order chi connectivity index (χ0) is 39.3. The predicted molar refractivity (Wildman–Crippen MR) is 248 cm³/mol. The molecule has 0 unspecified atom stereocenters. The van der Waals surface area contributed by atoms with Gasteiger partial charge in [0, 0.05) is 43.6 Å². The summed E-state index contributed by atoms with van der Waals surface area (Å²) in [4.78, 5) is 15.9. The van der Waals surface area contributed by atoms with Crippen molar-refractivity contribution >= 4 is 86.8 Å². The summed E-state index contributed by atoms with van der Waals surface area (Å²) in [7, 11) is 0. The van der Waals surface area contributed by atoms with Crippen molar-refractivity contribution in [1.82, 2.24) is 19.5 Å². The Morgan fingerprint density at radius 2 is 0.933 bits per heavy atom. The number of nitrogens with zero attached hydrogens (tertiary/aromatic N) is 4. The van der Waals surface area contributed by atoms with Gasteiger partial charge in [0.15, 0.2) is 17.5 Å². The van der Waals surface area contributed by atoms with Gasteiger partial charge in [-0.3, -0.25) is 0 Å². The molecule has 0 radical (unpaired) electrons. The summed E-state index contributed by atoms with van der Waals surface area (Å²) in [6.45, 7) is 0. The minimum absolute atomic E-state index is 0.588. The van der Waals surface area contributed by atoms with Crippen molar-refractivity contribution in [3.8, 4) is 39.9 Å². The van der Waals surface area contributed by atoms with E-state index in [1.54, 1.807) is 0 Å². The molecule has 0 aliphatic rings. The molecular weight excluding hydrogens is 733 g/mol. The van der Waals surface area contributed by atoms with Gasteiger partial charge in [0.25, 0.3) is 0 Å². The fraction of sp³-hybridized carbons (Fsp3) is 0. The van der Waals surface area contributed by atoms with Crippen LogP contribution in [-0.4, -0.2) is 19.5 Å². The van der Waals surface area contributed by atoms with Gasteiger partial charge >= 0.3 is 0 Å². The van der Waals surface area contributed by atoms with Crippen LogP contribution in [0.3, 0.4) is 0 Å². The Morgan fingerprint density at radius 1 is 0.333 bits per heavy atom. The SMILES string of the molecule is c1ccc2cc(-c3nc(-c4cc(-n5c6cc7ccccc7cc6c6c7ccccc7ccc65)c5ccccc5c4)nc(-c4cccc5oc6ccccc6c45)n3)ccc2c1. The number of fused-ring (bicyclic) bond motifs is 11. The first-order chi connectivity index (χ1) is 29.7. The molecule has 60 heavy (non-hydrogen) atoms. The largest absolute Gasteiger partial charge is 0.456 e. The molecule has 0 bridgehead atoms. The third-order valence-corrected chi connectivity index (χ3v) is 12.1. The molecule has 3 aromatic heterocycles. The summed E-state index contributed by atoms with van der Waals surface area (Å²) in [6.07, 6.45) is 0. The first kappa shape index (κ1) is 32.9. The maximum absolute atomic E-state index is 6.35. The minimum Gasteiger partial charge on any atom is -0.456 e. The second-order valence-electron chi connectivity index (χ2n) is 15.6. The van der Waals surface area contributed by atoms with Crippen molar-refractivity contribution in [3.63, 3.8) is 0 Å². The Balaban J connectivity index is 1.12. The van der Waals surface area contributed by atoms with E-state index in [0.717, 1.165) is 76.9 Å². The summed E-state index contributed by atoms with van der Waals surface area (Å²) >= 11 is 0. The van der Waals surface area contributed by atoms with Crippen LogP contribution < -0.4 is 0 Å². The van der Waals surface area contributed by atoms with E-state index in [1.165, 1.54) is 32.3 Å². The molecule has 0 aliphatic heterocycles. The quantitative estimate of drug-likeness (QED) is 0.179. The lowest BCUT2D eigenvalue weighted by atomic mass is 10.0. The number of rotatable bonds is 4. The van der Waals surface area contributed by atoms with Gasteiger partial charge in [-0.1, -0.05) is 146 Å². The maximum atomic E-state index is 6.35. The number of benzene rings is 10. The molecule has 0 amide bonds. The van der Waals surface area contributed by atoms with Gasteiger partial charge in [-0.05, 0) is 86.2 Å². The van der Waals surface area contributed by atoms with Gasteiger partial charge < -0.3 is 8.98 Å². The summed E-state index contributed by atoms with van der Waals surface area (Å²) < 4.78 is 8.79. The van der Waals surface area contributed by atoms with E-state index in [2.05, 4.69) is 168 Å². The van der Waals surface area contributed by atoms with Crippen molar-refractivity contribution in [2.75, 3.05) is 0 Å². The number of hydrogen-bond donors (Lipinski definition) is 0. The molecule has 3 heterocycles. The van der Waals surface area contributed by atoms with Gasteiger partial charge in [0.1, 0.15) is 11.2 Å². The first-order valence-corrected chi connectivity index (χ1v) is 20.3. The second-order valence-corrected chi connectivity index (χ2v) is 15.6. The summed E-state index contributed by atoms with van der Waals surface area (Å²) in [5.74, 6) is 1.79. The van der Waals surface area contributed by atoms with Crippen LogP contribution in [0.2, 0.25) is 0 Å². The van der Waals surface area contributed by atoms with Crippen molar-refractivity contribution < 1.29 is 4.42 Å². The fourth-order valence-corrected chi connectivity index (χ4v) is 9.38. The molecule has 278 valence electrons. The van der Waals surface area contributed by atoms with Crippen molar-refractivity contribution in [3.05, 3.63) is 194 Å². The molecule has 13 aromatic rings. The summed E-state index contributed by atoms with van der Waals surface area (Å²) in [6, 6.07) is 68.8. The van der Waals surface area contributed by atoms with Gasteiger partial charge in [0.2, 0.25) is 0 Å². The van der Waals surface area contributed by atoms with Crippen LogP contribution in [0.25, 0.3) is 127 Å². The highest BCUT2D eigenvalue weighted by molar-refractivity contribution is 6.24. The average Bonchev–Trinajstić information content (AvgIpc) is 3.85. The lowest BCUT2D eigenvalue weighted by Gasteiger charge is -2.15. The Hall–Kier alpha value is -8.15. The van der Waals surface area contributed by atoms with Crippen LogP contribution in [0, 0.1) is 0 Å². The third-order valence-electron chi connectivity index (χ3n) is 12.1. The molecule has 0 saturated heterocycles. The predicted octanol–water partition coefficient (Wildman–Crippen LogP) is 14.5. The highest BCUT2D eigenvalue weighted by Crippen LogP contribution is 2.42. The molecule has 0 aliphatic carbocycles. The molecular formula is C55H32N4O. The van der Waals surface area contributed by atoms with Gasteiger partial charge in [-0.15, -0.1) is 0 Å². The van der Waals surface area contributed by atoms with Crippen molar-refractivity contribution in [2.24, 2.45) is 0 Å². The van der Waals surface area contributed by atoms with E-state index in [9.17, 15) is 0 Å². The van der Waals surface area contributed by atoms with E-state index in [4.69, 9.17) is 19.4 Å². The summed E-state index contributed by atoms with van der Waals surface area (Å²) in [5.41, 5.74) is 7.69. The van der Waals surface area contributed by atoms with Crippen LogP contribution in [-0.2, 0) is 0 Å². The Morgan fingerprint density at radius 3 is 1.77 bits per heavy atom. The maximum Gasteiger partial charge on any atom is 0.164 e. The van der Waals surface area contributed by atoms with E-state index in [1.807, 2.05) is 30.3 Å². The van der Waals surface area contributed by atoms with Crippen molar-refractivity contribution in [1.29, 1.82) is 0 Å². The topological polar surface area (TPSA) is 56.7 Å². The second kappa shape index (κ2) is 12.7. The van der Waals surface area contributed by atoms with Crippen LogP contribution in [0.1, 0.15) is 0 Å². The fourth-order valence-electron chi connectivity index (χ4n) is 9.38. The third kappa shape index (κ3) is 4.96. The highest BCUT2D eigenvalue weighted by Gasteiger charge is 2.21. The van der Waals surface area contributed by atoms with E-state index in [0.29, 0.717) is 17.5 Å².